The van der Waals surface area contributed by atoms with Gasteiger partial charge in [0.25, 0.3) is 0 Å². The van der Waals surface area contributed by atoms with Crippen molar-refractivity contribution >= 4 is 5.78 Å². The molecule has 0 bridgehead atoms. The lowest BCUT2D eigenvalue weighted by Gasteiger charge is -2.38. The number of carbonyl (C=O) groups excluding carboxylic acids is 1. The Morgan fingerprint density at radius 3 is 2.06 bits per heavy atom. The van der Waals surface area contributed by atoms with Gasteiger partial charge in [-0.25, -0.2) is 0 Å². The van der Waals surface area contributed by atoms with Crippen molar-refractivity contribution in [1.29, 1.82) is 0 Å². The maximum Gasteiger partial charge on any atom is 0.162 e. The minimum absolute atomic E-state index is 0.0651. The molecular weight excluding hydrogens is 430 g/mol. The normalized spacial score (nSPS) is 17.0. The summed E-state index contributed by atoms with van der Waals surface area (Å²) in [6.45, 7) is 8.49. The number of benzene rings is 3. The Morgan fingerprint density at radius 2 is 1.49 bits per heavy atom. The SMILES string of the molecule is CC(C)(C)c1ccc(C(=O)CCCN2CCCCC2OC(c2ccccc2)c2ccccc2)cc1. The average molecular weight is 470 g/mol. The molecule has 0 saturated carbocycles. The van der Waals surface area contributed by atoms with Crippen LogP contribution in [0.5, 0.6) is 0 Å². The van der Waals surface area contributed by atoms with Crippen molar-refractivity contribution in [2.24, 2.45) is 0 Å². The van der Waals surface area contributed by atoms with Crippen molar-refractivity contribution in [3.05, 3.63) is 107 Å². The minimum Gasteiger partial charge on any atom is -0.350 e. The van der Waals surface area contributed by atoms with E-state index in [1.54, 1.807) is 0 Å². The Morgan fingerprint density at radius 1 is 0.886 bits per heavy atom. The summed E-state index contributed by atoms with van der Waals surface area (Å²) in [7, 11) is 0. The summed E-state index contributed by atoms with van der Waals surface area (Å²) in [5.41, 5.74) is 4.53. The molecular formula is C32H39NO2. The summed E-state index contributed by atoms with van der Waals surface area (Å²) < 4.78 is 6.80. The Balaban J connectivity index is 1.38. The number of rotatable bonds is 9. The van der Waals surface area contributed by atoms with Crippen molar-refractivity contribution in [2.45, 2.75) is 70.6 Å². The molecule has 0 radical (unpaired) electrons. The van der Waals surface area contributed by atoms with Gasteiger partial charge in [0.2, 0.25) is 0 Å². The van der Waals surface area contributed by atoms with E-state index in [1.807, 2.05) is 24.3 Å². The van der Waals surface area contributed by atoms with Gasteiger partial charge in [0.15, 0.2) is 5.78 Å². The van der Waals surface area contributed by atoms with E-state index in [-0.39, 0.29) is 23.5 Å². The topological polar surface area (TPSA) is 29.5 Å². The van der Waals surface area contributed by atoms with Crippen LogP contribution in [0.4, 0.5) is 0 Å². The van der Waals surface area contributed by atoms with Gasteiger partial charge in [0.05, 0.1) is 0 Å². The van der Waals surface area contributed by atoms with Crippen LogP contribution in [-0.2, 0) is 10.2 Å². The summed E-state index contributed by atoms with van der Waals surface area (Å²) >= 11 is 0. The Labute approximate surface area is 211 Å². The van der Waals surface area contributed by atoms with Gasteiger partial charge in [0, 0.05) is 25.1 Å². The summed E-state index contributed by atoms with van der Waals surface area (Å²) in [5.74, 6) is 0.228. The number of ether oxygens (including phenoxy) is 1. The highest BCUT2D eigenvalue weighted by Gasteiger charge is 2.27. The summed E-state index contributed by atoms with van der Waals surface area (Å²) in [6.07, 6.45) is 4.78. The van der Waals surface area contributed by atoms with Gasteiger partial charge in [-0.05, 0) is 47.8 Å². The van der Waals surface area contributed by atoms with Crippen LogP contribution in [0.1, 0.15) is 86.0 Å². The third kappa shape index (κ3) is 6.90. The van der Waals surface area contributed by atoms with Crippen LogP contribution in [0.2, 0.25) is 0 Å². The molecule has 0 N–H and O–H groups in total. The average Bonchev–Trinajstić information content (AvgIpc) is 2.88. The molecule has 1 fully saturated rings. The molecule has 0 aromatic heterocycles. The summed E-state index contributed by atoms with van der Waals surface area (Å²) in [4.78, 5) is 15.3. The summed E-state index contributed by atoms with van der Waals surface area (Å²) in [5, 5.41) is 0. The quantitative estimate of drug-likeness (QED) is 0.303. The maximum absolute atomic E-state index is 12.8. The molecule has 3 nitrogen and oxygen atoms in total. The number of hydrogen-bond acceptors (Lipinski definition) is 3. The zero-order valence-corrected chi connectivity index (χ0v) is 21.5. The lowest BCUT2D eigenvalue weighted by Crippen LogP contribution is -2.42. The van der Waals surface area contributed by atoms with Crippen LogP contribution in [0.15, 0.2) is 84.9 Å². The van der Waals surface area contributed by atoms with E-state index in [0.29, 0.717) is 6.42 Å². The van der Waals surface area contributed by atoms with E-state index >= 15 is 0 Å². The molecule has 3 aromatic carbocycles. The number of likely N-dealkylation sites (tertiary alicyclic amines) is 1. The second-order valence-corrected chi connectivity index (χ2v) is 10.7. The first-order valence-corrected chi connectivity index (χ1v) is 13.0. The molecule has 3 heteroatoms. The van der Waals surface area contributed by atoms with Crippen molar-refractivity contribution in [3.8, 4) is 0 Å². The first-order chi connectivity index (χ1) is 16.9. The number of piperidine rings is 1. The van der Waals surface area contributed by atoms with E-state index in [0.717, 1.165) is 31.5 Å². The zero-order valence-electron chi connectivity index (χ0n) is 21.5. The fourth-order valence-corrected chi connectivity index (χ4v) is 4.88. The largest absolute Gasteiger partial charge is 0.350 e. The van der Waals surface area contributed by atoms with Gasteiger partial charge in [-0.2, -0.15) is 0 Å². The molecule has 3 aromatic rings. The minimum atomic E-state index is -0.0917. The second kappa shape index (κ2) is 11.8. The first kappa shape index (κ1) is 25.3. The lowest BCUT2D eigenvalue weighted by molar-refractivity contribution is -0.106. The molecule has 1 aliphatic rings. The number of Topliss-reactive ketones (excluding diaryl/α,β-unsaturated/α-hetero) is 1. The monoisotopic (exact) mass is 469 g/mol. The van der Waals surface area contributed by atoms with Crippen LogP contribution in [0, 0.1) is 0 Å². The van der Waals surface area contributed by atoms with E-state index in [4.69, 9.17) is 4.74 Å². The molecule has 1 heterocycles. The number of carbonyl (C=O) groups is 1. The molecule has 4 rings (SSSR count). The molecule has 35 heavy (non-hydrogen) atoms. The fraction of sp³-hybridized carbons (Fsp3) is 0.406. The number of ketones is 1. The van der Waals surface area contributed by atoms with Crippen LogP contribution >= 0.6 is 0 Å². The van der Waals surface area contributed by atoms with Gasteiger partial charge in [0.1, 0.15) is 12.3 Å². The Bertz CT molecular complexity index is 1010. The Kier molecular flexibility index (Phi) is 8.54. The zero-order chi connectivity index (χ0) is 24.7. The smallest absolute Gasteiger partial charge is 0.162 e. The number of hydrogen-bond donors (Lipinski definition) is 0. The van der Waals surface area contributed by atoms with Gasteiger partial charge in [-0.1, -0.05) is 106 Å². The van der Waals surface area contributed by atoms with Crippen molar-refractivity contribution in [1.82, 2.24) is 4.90 Å². The van der Waals surface area contributed by atoms with Crippen molar-refractivity contribution in [2.75, 3.05) is 13.1 Å². The fourth-order valence-electron chi connectivity index (χ4n) is 4.88. The highest BCUT2D eigenvalue weighted by molar-refractivity contribution is 5.96. The molecule has 1 saturated heterocycles. The van der Waals surface area contributed by atoms with Gasteiger partial charge >= 0.3 is 0 Å². The molecule has 0 amide bonds. The van der Waals surface area contributed by atoms with Crippen LogP contribution < -0.4 is 0 Å². The predicted octanol–water partition coefficient (Wildman–Crippen LogP) is 7.57. The predicted molar refractivity (Wildman–Crippen MR) is 144 cm³/mol. The summed E-state index contributed by atoms with van der Waals surface area (Å²) in [6, 6.07) is 29.1. The highest BCUT2D eigenvalue weighted by atomic mass is 16.5. The number of nitrogens with zero attached hydrogens (tertiary/aromatic N) is 1. The maximum atomic E-state index is 12.8. The molecule has 0 aliphatic carbocycles. The Hall–Kier alpha value is -2.75. The van der Waals surface area contributed by atoms with Gasteiger partial charge in [-0.15, -0.1) is 0 Å². The molecule has 1 aliphatic heterocycles. The lowest BCUT2D eigenvalue weighted by atomic mass is 9.86. The standard InChI is InChI=1S/C32H39NO2/c1-32(2,3)28-21-19-25(20-22-28)29(34)17-12-24-33-23-11-10-18-30(33)35-31(26-13-6-4-7-14-26)27-15-8-5-9-16-27/h4-9,13-16,19-22,30-31H,10-12,17-18,23-24H2,1-3H3. The van der Waals surface area contributed by atoms with Crippen LogP contribution in [0.3, 0.4) is 0 Å². The highest BCUT2D eigenvalue weighted by Crippen LogP contribution is 2.31. The molecule has 1 unspecified atom stereocenters. The van der Waals surface area contributed by atoms with Crippen molar-refractivity contribution in [3.63, 3.8) is 0 Å². The van der Waals surface area contributed by atoms with E-state index < -0.39 is 0 Å². The van der Waals surface area contributed by atoms with Crippen molar-refractivity contribution < 1.29 is 9.53 Å². The third-order valence-corrected chi connectivity index (χ3v) is 6.97. The molecule has 0 spiro atoms. The van der Waals surface area contributed by atoms with E-state index in [1.165, 1.54) is 29.5 Å². The molecule has 184 valence electrons. The van der Waals surface area contributed by atoms with Gasteiger partial charge in [-0.3, -0.25) is 9.69 Å². The second-order valence-electron chi connectivity index (χ2n) is 10.7. The molecule has 1 atom stereocenters. The third-order valence-electron chi connectivity index (χ3n) is 6.97. The van der Waals surface area contributed by atoms with Gasteiger partial charge < -0.3 is 4.74 Å². The first-order valence-electron chi connectivity index (χ1n) is 13.0. The van der Waals surface area contributed by atoms with E-state index in [2.05, 4.69) is 86.3 Å². The van der Waals surface area contributed by atoms with Crippen LogP contribution in [0.25, 0.3) is 0 Å². The van der Waals surface area contributed by atoms with E-state index in [9.17, 15) is 4.79 Å². The van der Waals surface area contributed by atoms with Crippen LogP contribution in [-0.4, -0.2) is 30.0 Å².